The molecule has 1 aliphatic rings. The minimum absolute atomic E-state index is 0. The summed E-state index contributed by atoms with van der Waals surface area (Å²) in [5, 5.41) is 6.86. The fraction of sp³-hybridized carbons (Fsp3) is 0.533. The fourth-order valence-corrected chi connectivity index (χ4v) is 2.43. The molecule has 1 aromatic carbocycles. The molecular formula is C15H22Cl2N2O2. The molecule has 6 heteroatoms. The highest BCUT2D eigenvalue weighted by molar-refractivity contribution is 6.31. The van der Waals surface area contributed by atoms with Crippen molar-refractivity contribution in [2.24, 2.45) is 0 Å². The molecule has 1 aromatic rings. The Morgan fingerprint density at radius 3 is 3.00 bits per heavy atom. The number of piperidine rings is 1. The van der Waals surface area contributed by atoms with Crippen LogP contribution in [0.4, 0.5) is 0 Å². The predicted octanol–water partition coefficient (Wildman–Crippen LogP) is 3.03. The summed E-state index contributed by atoms with van der Waals surface area (Å²) in [4.78, 5) is 12.4. The van der Waals surface area contributed by atoms with Crippen molar-refractivity contribution in [1.82, 2.24) is 10.6 Å². The number of benzene rings is 1. The van der Waals surface area contributed by atoms with E-state index in [0.717, 1.165) is 32.4 Å². The molecule has 1 unspecified atom stereocenters. The maximum Gasteiger partial charge on any atom is 0.255 e. The van der Waals surface area contributed by atoms with Gasteiger partial charge in [-0.25, -0.2) is 0 Å². The first-order valence-electron chi connectivity index (χ1n) is 7.14. The molecule has 4 nitrogen and oxygen atoms in total. The zero-order valence-electron chi connectivity index (χ0n) is 12.2. The highest BCUT2D eigenvalue weighted by atomic mass is 35.5. The number of hydrogen-bond donors (Lipinski definition) is 2. The average molecular weight is 333 g/mol. The van der Waals surface area contributed by atoms with E-state index in [9.17, 15) is 4.79 Å². The lowest BCUT2D eigenvalue weighted by Gasteiger charge is -2.24. The molecule has 1 aliphatic heterocycles. The van der Waals surface area contributed by atoms with Crippen molar-refractivity contribution >= 4 is 29.9 Å². The van der Waals surface area contributed by atoms with E-state index in [0.29, 0.717) is 22.9 Å². The summed E-state index contributed by atoms with van der Waals surface area (Å²) < 4.78 is 5.62. The molecule has 2 N–H and O–H groups in total. The second kappa shape index (κ2) is 9.13. The summed E-state index contributed by atoms with van der Waals surface area (Å²) in [7, 11) is 0. The fourth-order valence-electron chi connectivity index (χ4n) is 2.26. The number of halogens is 2. The quantitative estimate of drug-likeness (QED) is 0.871. The van der Waals surface area contributed by atoms with E-state index in [-0.39, 0.29) is 24.4 Å². The summed E-state index contributed by atoms with van der Waals surface area (Å²) >= 11 is 5.99. The monoisotopic (exact) mass is 332 g/mol. The lowest BCUT2D eigenvalue weighted by Crippen LogP contribution is -2.45. The maximum atomic E-state index is 12.4. The van der Waals surface area contributed by atoms with Gasteiger partial charge in [0.15, 0.2) is 0 Å². The molecule has 2 rings (SSSR count). The van der Waals surface area contributed by atoms with Gasteiger partial charge in [0.2, 0.25) is 0 Å². The van der Waals surface area contributed by atoms with Crippen molar-refractivity contribution in [2.75, 3.05) is 19.7 Å². The molecule has 0 aromatic heterocycles. The van der Waals surface area contributed by atoms with Gasteiger partial charge in [0.25, 0.3) is 5.91 Å². The Morgan fingerprint density at radius 1 is 1.52 bits per heavy atom. The lowest BCUT2D eigenvalue weighted by molar-refractivity contribution is 0.0926. The number of amides is 1. The van der Waals surface area contributed by atoms with Crippen molar-refractivity contribution in [1.29, 1.82) is 0 Å². The second-order valence-electron chi connectivity index (χ2n) is 5.01. The molecule has 1 heterocycles. The molecule has 0 spiro atoms. The zero-order valence-corrected chi connectivity index (χ0v) is 13.7. The van der Waals surface area contributed by atoms with E-state index >= 15 is 0 Å². The Kier molecular flexibility index (Phi) is 7.86. The zero-order chi connectivity index (χ0) is 14.4. The van der Waals surface area contributed by atoms with Gasteiger partial charge in [-0.2, -0.15) is 0 Å². The highest BCUT2D eigenvalue weighted by Crippen LogP contribution is 2.23. The van der Waals surface area contributed by atoms with Gasteiger partial charge < -0.3 is 15.4 Å². The standard InChI is InChI=1S/C15H21ClN2O2.ClH/c1-2-8-20-14-6-5-11(16)9-13(14)15(19)18-12-4-3-7-17-10-12;/h5-6,9,12,17H,2-4,7-8,10H2,1H3,(H,18,19);1H. The highest BCUT2D eigenvalue weighted by Gasteiger charge is 2.19. The number of hydrogen-bond acceptors (Lipinski definition) is 3. The first-order valence-corrected chi connectivity index (χ1v) is 7.52. The van der Waals surface area contributed by atoms with Gasteiger partial charge >= 0.3 is 0 Å². The largest absolute Gasteiger partial charge is 0.493 e. The summed E-state index contributed by atoms with van der Waals surface area (Å²) in [6, 6.07) is 5.34. The van der Waals surface area contributed by atoms with Crippen molar-refractivity contribution in [3.8, 4) is 5.75 Å². The SMILES string of the molecule is CCCOc1ccc(Cl)cc1C(=O)NC1CCCNC1.Cl. The maximum absolute atomic E-state index is 12.4. The first-order chi connectivity index (χ1) is 9.70. The van der Waals surface area contributed by atoms with Gasteiger partial charge in [-0.1, -0.05) is 18.5 Å². The van der Waals surface area contributed by atoms with Crippen LogP contribution in [0.15, 0.2) is 18.2 Å². The van der Waals surface area contributed by atoms with Gasteiger partial charge in [-0.3, -0.25) is 4.79 Å². The van der Waals surface area contributed by atoms with Crippen LogP contribution in [0, 0.1) is 0 Å². The number of carbonyl (C=O) groups is 1. The molecule has 0 saturated carbocycles. The Bertz CT molecular complexity index is 463. The Morgan fingerprint density at radius 2 is 2.33 bits per heavy atom. The topological polar surface area (TPSA) is 50.4 Å². The summed E-state index contributed by atoms with van der Waals surface area (Å²) in [5.74, 6) is 0.477. The van der Waals surface area contributed by atoms with Crippen molar-refractivity contribution in [2.45, 2.75) is 32.2 Å². The molecule has 1 atom stereocenters. The molecular weight excluding hydrogens is 311 g/mol. The van der Waals surface area contributed by atoms with E-state index in [1.54, 1.807) is 18.2 Å². The summed E-state index contributed by atoms with van der Waals surface area (Å²) in [6.07, 6.45) is 2.99. The lowest BCUT2D eigenvalue weighted by atomic mass is 10.1. The average Bonchev–Trinajstić information content (AvgIpc) is 2.47. The Hall–Kier alpha value is -0.970. The van der Waals surface area contributed by atoms with Gasteiger partial charge in [0.05, 0.1) is 12.2 Å². The van der Waals surface area contributed by atoms with Gasteiger partial charge in [-0.05, 0) is 44.0 Å². The first kappa shape index (κ1) is 18.1. The van der Waals surface area contributed by atoms with Crippen LogP contribution in [0.25, 0.3) is 0 Å². The van der Waals surface area contributed by atoms with Crippen LogP contribution in [-0.4, -0.2) is 31.6 Å². The number of ether oxygens (including phenoxy) is 1. The van der Waals surface area contributed by atoms with Crippen LogP contribution in [0.5, 0.6) is 5.75 Å². The predicted molar refractivity (Wildman–Crippen MR) is 87.8 cm³/mol. The van der Waals surface area contributed by atoms with Crippen LogP contribution >= 0.6 is 24.0 Å². The van der Waals surface area contributed by atoms with Crippen LogP contribution in [0.2, 0.25) is 5.02 Å². The van der Waals surface area contributed by atoms with E-state index in [1.165, 1.54) is 0 Å². The third-order valence-corrected chi connectivity index (χ3v) is 3.52. The third-order valence-electron chi connectivity index (χ3n) is 3.28. The summed E-state index contributed by atoms with van der Waals surface area (Å²) in [6.45, 7) is 4.46. The normalized spacial score (nSPS) is 17.7. The van der Waals surface area contributed by atoms with Crippen LogP contribution in [-0.2, 0) is 0 Å². The van der Waals surface area contributed by atoms with Gasteiger partial charge in [-0.15, -0.1) is 12.4 Å². The third kappa shape index (κ3) is 5.38. The van der Waals surface area contributed by atoms with Gasteiger partial charge in [0.1, 0.15) is 5.75 Å². The van der Waals surface area contributed by atoms with Crippen LogP contribution in [0.3, 0.4) is 0 Å². The Balaban J connectivity index is 0.00000220. The molecule has 21 heavy (non-hydrogen) atoms. The van der Waals surface area contributed by atoms with Crippen molar-refractivity contribution in [3.05, 3.63) is 28.8 Å². The van der Waals surface area contributed by atoms with Crippen LogP contribution in [0.1, 0.15) is 36.5 Å². The van der Waals surface area contributed by atoms with E-state index in [1.807, 2.05) is 6.92 Å². The minimum Gasteiger partial charge on any atom is -0.493 e. The minimum atomic E-state index is -0.118. The van der Waals surface area contributed by atoms with E-state index < -0.39 is 0 Å². The molecule has 1 amide bonds. The van der Waals surface area contributed by atoms with E-state index in [4.69, 9.17) is 16.3 Å². The molecule has 0 aliphatic carbocycles. The van der Waals surface area contributed by atoms with Crippen LogP contribution < -0.4 is 15.4 Å². The number of rotatable bonds is 5. The molecule has 1 saturated heterocycles. The Labute approximate surface area is 137 Å². The van der Waals surface area contributed by atoms with Gasteiger partial charge in [0, 0.05) is 17.6 Å². The van der Waals surface area contributed by atoms with E-state index in [2.05, 4.69) is 10.6 Å². The number of nitrogens with one attached hydrogen (secondary N) is 2. The summed E-state index contributed by atoms with van der Waals surface area (Å²) in [5.41, 5.74) is 0.511. The smallest absolute Gasteiger partial charge is 0.255 e. The molecule has 0 bridgehead atoms. The van der Waals surface area contributed by atoms with Crippen molar-refractivity contribution < 1.29 is 9.53 Å². The van der Waals surface area contributed by atoms with Crippen molar-refractivity contribution in [3.63, 3.8) is 0 Å². The number of carbonyl (C=O) groups excluding carboxylic acids is 1. The molecule has 0 radical (unpaired) electrons. The second-order valence-corrected chi connectivity index (χ2v) is 5.44. The molecule has 1 fully saturated rings. The molecule has 118 valence electrons.